The average Bonchev–Trinajstić information content (AvgIpc) is 3.46. The Balaban J connectivity index is 1.87. The summed E-state index contributed by atoms with van der Waals surface area (Å²) in [5.41, 5.74) is 1.70. The van der Waals surface area contributed by atoms with Crippen LogP contribution in [-0.4, -0.2) is 20.6 Å². The quantitative estimate of drug-likeness (QED) is 0.721. The Hall–Kier alpha value is -2.73. The first-order chi connectivity index (χ1) is 12.8. The smallest absolute Gasteiger partial charge is 0.255 e. The van der Waals surface area contributed by atoms with Crippen molar-refractivity contribution in [3.8, 4) is 0 Å². The maximum Gasteiger partial charge on any atom is 0.255 e. The van der Waals surface area contributed by atoms with Gasteiger partial charge in [0, 0.05) is 17.2 Å². The Morgan fingerprint density at radius 2 is 1.70 bits per heavy atom. The van der Waals surface area contributed by atoms with E-state index in [0.717, 1.165) is 24.5 Å². The van der Waals surface area contributed by atoms with Crippen LogP contribution in [0.25, 0.3) is 10.8 Å². The molecule has 0 aromatic heterocycles. The van der Waals surface area contributed by atoms with Gasteiger partial charge in [0.2, 0.25) is 0 Å². The van der Waals surface area contributed by atoms with E-state index in [1.807, 2.05) is 24.3 Å². The number of anilines is 1. The Kier molecular flexibility index (Phi) is 4.23. The third-order valence-corrected chi connectivity index (χ3v) is 5.96. The summed E-state index contributed by atoms with van der Waals surface area (Å²) in [7, 11) is -3.55. The van der Waals surface area contributed by atoms with Gasteiger partial charge < -0.3 is 5.32 Å². The van der Waals surface area contributed by atoms with Crippen LogP contribution in [0, 0.1) is 5.82 Å². The highest BCUT2D eigenvalue weighted by Crippen LogP contribution is 2.44. The van der Waals surface area contributed by atoms with Crippen LogP contribution in [0.2, 0.25) is 0 Å². The number of fused-ring (bicyclic) bond motifs is 1. The van der Waals surface area contributed by atoms with Gasteiger partial charge in [0.15, 0.2) is 9.84 Å². The van der Waals surface area contributed by atoms with Crippen LogP contribution in [-0.2, 0) is 9.84 Å². The monoisotopic (exact) mass is 383 g/mol. The number of nitrogens with one attached hydrogen (secondary N) is 1. The lowest BCUT2D eigenvalue weighted by Gasteiger charge is -2.15. The molecule has 27 heavy (non-hydrogen) atoms. The van der Waals surface area contributed by atoms with Gasteiger partial charge in [-0.25, -0.2) is 12.8 Å². The number of carbonyl (C=O) groups is 1. The van der Waals surface area contributed by atoms with Crippen LogP contribution in [0.4, 0.5) is 10.1 Å². The Bertz CT molecular complexity index is 1150. The highest BCUT2D eigenvalue weighted by atomic mass is 32.2. The summed E-state index contributed by atoms with van der Waals surface area (Å²) < 4.78 is 37.7. The van der Waals surface area contributed by atoms with Crippen LogP contribution in [0.5, 0.6) is 0 Å². The van der Waals surface area contributed by atoms with Gasteiger partial charge in [0.25, 0.3) is 5.91 Å². The van der Waals surface area contributed by atoms with Gasteiger partial charge in [0.1, 0.15) is 5.82 Å². The van der Waals surface area contributed by atoms with Crippen molar-refractivity contribution in [3.63, 3.8) is 0 Å². The maximum atomic E-state index is 13.1. The van der Waals surface area contributed by atoms with E-state index in [-0.39, 0.29) is 16.1 Å². The molecular weight excluding hydrogens is 365 g/mol. The first-order valence-corrected chi connectivity index (χ1v) is 10.6. The van der Waals surface area contributed by atoms with Gasteiger partial charge in [-0.15, -0.1) is 0 Å². The highest BCUT2D eigenvalue weighted by molar-refractivity contribution is 7.90. The second-order valence-electron chi connectivity index (χ2n) is 6.89. The van der Waals surface area contributed by atoms with Crippen LogP contribution in [0.15, 0.2) is 59.5 Å². The first kappa shape index (κ1) is 17.7. The largest absolute Gasteiger partial charge is 0.320 e. The van der Waals surface area contributed by atoms with Crippen molar-refractivity contribution in [3.05, 3.63) is 71.5 Å². The highest BCUT2D eigenvalue weighted by Gasteiger charge is 2.27. The molecule has 1 amide bonds. The van der Waals surface area contributed by atoms with Crippen molar-refractivity contribution in [2.24, 2.45) is 0 Å². The molecule has 6 heteroatoms. The fraction of sp³-hybridized carbons (Fsp3) is 0.190. The van der Waals surface area contributed by atoms with Gasteiger partial charge in [0.05, 0.1) is 10.6 Å². The Morgan fingerprint density at radius 3 is 2.33 bits per heavy atom. The Morgan fingerprint density at radius 1 is 1.00 bits per heavy atom. The van der Waals surface area contributed by atoms with Gasteiger partial charge in [-0.05, 0) is 60.0 Å². The van der Waals surface area contributed by atoms with E-state index in [1.165, 1.54) is 29.8 Å². The van der Waals surface area contributed by atoms with Gasteiger partial charge >= 0.3 is 0 Å². The SMILES string of the molecule is CS(=O)(=O)c1ccc2c(C3CC3)cccc2c1NC(=O)c1ccc(F)cc1. The fourth-order valence-electron chi connectivity index (χ4n) is 3.34. The van der Waals surface area contributed by atoms with Crippen molar-refractivity contribution in [1.82, 2.24) is 0 Å². The molecule has 0 radical (unpaired) electrons. The molecular formula is C21H18FNO3S. The van der Waals surface area contributed by atoms with E-state index in [1.54, 1.807) is 6.07 Å². The molecule has 1 aliphatic carbocycles. The zero-order valence-corrected chi connectivity index (χ0v) is 15.5. The molecule has 0 saturated heterocycles. The molecule has 0 aliphatic heterocycles. The summed E-state index contributed by atoms with van der Waals surface area (Å²) in [5.74, 6) is -0.440. The second kappa shape index (κ2) is 6.46. The molecule has 0 atom stereocenters. The predicted molar refractivity (Wildman–Crippen MR) is 103 cm³/mol. The van der Waals surface area contributed by atoms with Gasteiger partial charge in [-0.2, -0.15) is 0 Å². The van der Waals surface area contributed by atoms with E-state index in [9.17, 15) is 17.6 Å². The number of benzene rings is 3. The second-order valence-corrected chi connectivity index (χ2v) is 8.87. The first-order valence-electron chi connectivity index (χ1n) is 8.67. The standard InChI is InChI=1S/C21H18FNO3S/c1-27(25,26)19-12-11-17-16(13-5-6-13)3-2-4-18(17)20(19)23-21(24)14-7-9-15(22)10-8-14/h2-4,7-13H,5-6H2,1H3,(H,23,24). The lowest BCUT2D eigenvalue weighted by Crippen LogP contribution is -2.15. The van der Waals surface area contributed by atoms with Crippen molar-refractivity contribution in [2.45, 2.75) is 23.7 Å². The van der Waals surface area contributed by atoms with E-state index in [0.29, 0.717) is 11.3 Å². The summed E-state index contributed by atoms with van der Waals surface area (Å²) in [4.78, 5) is 12.7. The van der Waals surface area contributed by atoms with Crippen LogP contribution in [0.1, 0.15) is 34.7 Å². The summed E-state index contributed by atoms with van der Waals surface area (Å²) in [6, 6.07) is 14.2. The van der Waals surface area contributed by atoms with Gasteiger partial charge in [-0.3, -0.25) is 4.79 Å². The lowest BCUT2D eigenvalue weighted by molar-refractivity contribution is 0.102. The van der Waals surface area contributed by atoms with E-state index >= 15 is 0 Å². The molecule has 3 aromatic rings. The summed E-state index contributed by atoms with van der Waals surface area (Å²) >= 11 is 0. The molecule has 1 saturated carbocycles. The molecule has 4 rings (SSSR count). The number of halogens is 1. The maximum absolute atomic E-state index is 13.1. The molecule has 0 heterocycles. The molecule has 0 spiro atoms. The van der Waals surface area contributed by atoms with E-state index in [4.69, 9.17) is 0 Å². The van der Waals surface area contributed by atoms with Crippen LogP contribution < -0.4 is 5.32 Å². The third-order valence-electron chi connectivity index (χ3n) is 4.82. The zero-order chi connectivity index (χ0) is 19.2. The van der Waals surface area contributed by atoms with E-state index < -0.39 is 21.6 Å². The number of carbonyl (C=O) groups excluding carboxylic acids is 1. The van der Waals surface area contributed by atoms with Gasteiger partial charge in [-0.1, -0.05) is 24.3 Å². The molecule has 3 aromatic carbocycles. The minimum atomic E-state index is -3.55. The molecule has 138 valence electrons. The Labute approximate surface area is 156 Å². The van der Waals surface area contributed by atoms with Crippen molar-refractivity contribution < 1.29 is 17.6 Å². The topological polar surface area (TPSA) is 63.2 Å². The average molecular weight is 383 g/mol. The number of sulfone groups is 1. The number of hydrogen-bond donors (Lipinski definition) is 1. The molecule has 0 unspecified atom stereocenters. The van der Waals surface area contributed by atoms with Crippen LogP contribution in [0.3, 0.4) is 0 Å². The minimum absolute atomic E-state index is 0.0680. The van der Waals surface area contributed by atoms with Crippen LogP contribution >= 0.6 is 0 Å². The molecule has 1 N–H and O–H groups in total. The number of rotatable bonds is 4. The zero-order valence-electron chi connectivity index (χ0n) is 14.7. The van der Waals surface area contributed by atoms with Crippen molar-refractivity contribution in [2.75, 3.05) is 11.6 Å². The van der Waals surface area contributed by atoms with E-state index in [2.05, 4.69) is 5.32 Å². The minimum Gasteiger partial charge on any atom is -0.320 e. The summed E-state index contributed by atoms with van der Waals surface area (Å²) in [6.45, 7) is 0. The normalized spacial score (nSPS) is 14.3. The molecule has 1 aliphatic rings. The third kappa shape index (κ3) is 3.45. The molecule has 1 fully saturated rings. The van der Waals surface area contributed by atoms with Crippen molar-refractivity contribution >= 4 is 32.2 Å². The number of amides is 1. The predicted octanol–water partition coefficient (Wildman–Crippen LogP) is 4.51. The molecule has 4 nitrogen and oxygen atoms in total. The number of hydrogen-bond acceptors (Lipinski definition) is 3. The fourth-order valence-corrected chi connectivity index (χ4v) is 4.18. The van der Waals surface area contributed by atoms with Crippen molar-refractivity contribution in [1.29, 1.82) is 0 Å². The molecule has 0 bridgehead atoms. The lowest BCUT2D eigenvalue weighted by atomic mass is 9.99. The summed E-state index contributed by atoms with van der Waals surface area (Å²) in [5, 5.41) is 4.38. The summed E-state index contributed by atoms with van der Waals surface area (Å²) in [6.07, 6.45) is 3.35.